The Balaban J connectivity index is 1.86. The lowest BCUT2D eigenvalue weighted by atomic mass is 10.0. The molecule has 0 aliphatic heterocycles. The van der Waals surface area contributed by atoms with Gasteiger partial charge in [0, 0.05) is 24.0 Å². The van der Waals surface area contributed by atoms with Gasteiger partial charge in [-0.25, -0.2) is 8.42 Å². The van der Waals surface area contributed by atoms with Crippen LogP contribution in [0.15, 0.2) is 59.6 Å². The van der Waals surface area contributed by atoms with Crippen molar-refractivity contribution in [3.8, 4) is 16.9 Å². The van der Waals surface area contributed by atoms with E-state index in [0.717, 1.165) is 16.9 Å². The fourth-order valence-electron chi connectivity index (χ4n) is 2.74. The van der Waals surface area contributed by atoms with Gasteiger partial charge in [0.15, 0.2) is 0 Å². The van der Waals surface area contributed by atoms with Crippen LogP contribution in [0, 0.1) is 6.92 Å². The molecule has 3 aromatic rings. The summed E-state index contributed by atoms with van der Waals surface area (Å²) >= 11 is 0. The van der Waals surface area contributed by atoms with Gasteiger partial charge in [-0.1, -0.05) is 30.3 Å². The van der Waals surface area contributed by atoms with Crippen LogP contribution in [0.25, 0.3) is 11.1 Å². The Kier molecular flexibility index (Phi) is 4.99. The minimum atomic E-state index is -3.68. The minimum Gasteiger partial charge on any atom is -0.496 e. The van der Waals surface area contributed by atoms with E-state index in [1.165, 1.54) is 0 Å². The fourth-order valence-corrected chi connectivity index (χ4v) is 3.98. The number of nitrogens with one attached hydrogen (secondary N) is 1. The van der Waals surface area contributed by atoms with Crippen LogP contribution in [0.3, 0.4) is 0 Å². The lowest BCUT2D eigenvalue weighted by Crippen LogP contribution is -2.13. The Morgan fingerprint density at radius 3 is 2.42 bits per heavy atom. The smallest absolute Gasteiger partial charge is 0.265 e. The summed E-state index contributed by atoms with van der Waals surface area (Å²) in [7, 11) is -2.06. The van der Waals surface area contributed by atoms with E-state index in [2.05, 4.69) is 9.82 Å². The third-order valence-corrected chi connectivity index (χ3v) is 5.55. The summed E-state index contributed by atoms with van der Waals surface area (Å²) in [6.45, 7) is 4.21. The van der Waals surface area contributed by atoms with Crippen molar-refractivity contribution in [2.45, 2.75) is 25.3 Å². The summed E-state index contributed by atoms with van der Waals surface area (Å²) in [5, 5.41) is 4.19. The molecule has 1 N–H and O–H groups in total. The zero-order valence-electron chi connectivity index (χ0n) is 14.9. The lowest BCUT2D eigenvalue weighted by molar-refractivity contribution is 0.416. The largest absolute Gasteiger partial charge is 0.496 e. The van der Waals surface area contributed by atoms with Crippen LogP contribution in [0.4, 0.5) is 5.69 Å². The summed E-state index contributed by atoms with van der Waals surface area (Å²) in [5.41, 5.74) is 2.86. The molecule has 2 aromatic carbocycles. The number of ether oxygens (including phenoxy) is 1. The Labute approximate surface area is 153 Å². The molecule has 3 rings (SSSR count). The van der Waals surface area contributed by atoms with Crippen LogP contribution >= 0.6 is 0 Å². The zero-order valence-corrected chi connectivity index (χ0v) is 15.7. The second-order valence-electron chi connectivity index (χ2n) is 5.82. The van der Waals surface area contributed by atoms with Crippen molar-refractivity contribution >= 4 is 15.7 Å². The molecule has 0 saturated heterocycles. The van der Waals surface area contributed by atoms with Gasteiger partial charge in [0.2, 0.25) is 0 Å². The maximum Gasteiger partial charge on any atom is 0.265 e. The van der Waals surface area contributed by atoms with E-state index in [9.17, 15) is 8.42 Å². The molecule has 0 aliphatic carbocycles. The average molecular weight is 371 g/mol. The normalized spacial score (nSPS) is 11.3. The van der Waals surface area contributed by atoms with E-state index < -0.39 is 10.0 Å². The van der Waals surface area contributed by atoms with Crippen molar-refractivity contribution in [1.29, 1.82) is 0 Å². The number of para-hydroxylation sites is 1. The standard InChI is InChI=1S/C19H21N3O3S/c1-4-22-13-19(14(2)20-22)26(23,24)21-16-11-9-15(10-12-16)17-7-5-6-8-18(17)25-3/h5-13,21H,4H2,1-3H3. The quantitative estimate of drug-likeness (QED) is 0.717. The van der Waals surface area contributed by atoms with Crippen LogP contribution in [0.2, 0.25) is 0 Å². The fraction of sp³-hybridized carbons (Fsp3) is 0.211. The molecule has 0 unspecified atom stereocenters. The first-order valence-corrected chi connectivity index (χ1v) is 9.73. The van der Waals surface area contributed by atoms with Crippen molar-refractivity contribution in [1.82, 2.24) is 9.78 Å². The highest BCUT2D eigenvalue weighted by Crippen LogP contribution is 2.30. The van der Waals surface area contributed by atoms with E-state index in [1.54, 1.807) is 37.0 Å². The number of nitrogens with zero attached hydrogens (tertiary/aromatic N) is 2. The van der Waals surface area contributed by atoms with E-state index in [-0.39, 0.29) is 4.90 Å². The number of methoxy groups -OCH3 is 1. The first-order chi connectivity index (χ1) is 12.4. The van der Waals surface area contributed by atoms with Gasteiger partial charge in [-0.2, -0.15) is 5.10 Å². The Morgan fingerprint density at radius 2 is 1.81 bits per heavy atom. The number of aryl methyl sites for hydroxylation is 2. The Bertz CT molecular complexity index is 1010. The zero-order chi connectivity index (χ0) is 18.7. The number of benzene rings is 2. The van der Waals surface area contributed by atoms with Crippen LogP contribution in [-0.4, -0.2) is 25.3 Å². The van der Waals surface area contributed by atoms with E-state index in [0.29, 0.717) is 17.9 Å². The molecule has 0 aliphatic rings. The third kappa shape index (κ3) is 3.57. The summed E-state index contributed by atoms with van der Waals surface area (Å²) in [6, 6.07) is 14.9. The second-order valence-corrected chi connectivity index (χ2v) is 7.47. The molecule has 0 radical (unpaired) electrons. The van der Waals surface area contributed by atoms with Gasteiger partial charge < -0.3 is 4.74 Å². The number of aromatic nitrogens is 2. The molecule has 0 bridgehead atoms. The monoisotopic (exact) mass is 371 g/mol. The summed E-state index contributed by atoms with van der Waals surface area (Å²) in [5.74, 6) is 0.767. The molecule has 0 amide bonds. The predicted molar refractivity (Wildman–Crippen MR) is 102 cm³/mol. The SMILES string of the molecule is CCn1cc(S(=O)(=O)Nc2ccc(-c3ccccc3OC)cc2)c(C)n1. The minimum absolute atomic E-state index is 0.188. The van der Waals surface area contributed by atoms with E-state index in [4.69, 9.17) is 4.74 Å². The summed E-state index contributed by atoms with van der Waals surface area (Å²) < 4.78 is 34.8. The molecule has 1 aromatic heterocycles. The molecule has 26 heavy (non-hydrogen) atoms. The molecular weight excluding hydrogens is 350 g/mol. The van der Waals surface area contributed by atoms with E-state index >= 15 is 0 Å². The maximum absolute atomic E-state index is 12.6. The molecule has 0 atom stereocenters. The molecule has 7 heteroatoms. The summed E-state index contributed by atoms with van der Waals surface area (Å²) in [4.78, 5) is 0.188. The highest BCUT2D eigenvalue weighted by molar-refractivity contribution is 7.92. The number of anilines is 1. The van der Waals surface area contributed by atoms with Gasteiger partial charge in [-0.15, -0.1) is 0 Å². The van der Waals surface area contributed by atoms with Crippen molar-refractivity contribution in [3.63, 3.8) is 0 Å². The second kappa shape index (κ2) is 7.21. The predicted octanol–water partition coefficient (Wildman–Crippen LogP) is 3.69. The molecule has 0 fully saturated rings. The van der Waals surface area contributed by atoms with Crippen molar-refractivity contribution in [3.05, 3.63) is 60.4 Å². The van der Waals surface area contributed by atoms with Crippen molar-refractivity contribution in [2.24, 2.45) is 0 Å². The molecule has 1 heterocycles. The number of sulfonamides is 1. The molecule has 136 valence electrons. The van der Waals surface area contributed by atoms with Crippen LogP contribution in [-0.2, 0) is 16.6 Å². The highest BCUT2D eigenvalue weighted by Gasteiger charge is 2.20. The van der Waals surface area contributed by atoms with Gasteiger partial charge in [0.1, 0.15) is 10.6 Å². The molecule has 6 nitrogen and oxygen atoms in total. The van der Waals surface area contributed by atoms with Gasteiger partial charge in [-0.05, 0) is 37.6 Å². The maximum atomic E-state index is 12.6. The Morgan fingerprint density at radius 1 is 1.12 bits per heavy atom. The van der Waals surface area contributed by atoms with Gasteiger partial charge >= 0.3 is 0 Å². The third-order valence-electron chi connectivity index (χ3n) is 4.07. The number of rotatable bonds is 6. The van der Waals surface area contributed by atoms with Crippen molar-refractivity contribution in [2.75, 3.05) is 11.8 Å². The van der Waals surface area contributed by atoms with Crippen LogP contribution in [0.1, 0.15) is 12.6 Å². The van der Waals surface area contributed by atoms with E-state index in [1.807, 2.05) is 43.3 Å². The molecular formula is C19H21N3O3S. The first kappa shape index (κ1) is 18.0. The summed E-state index contributed by atoms with van der Waals surface area (Å²) in [6.07, 6.45) is 1.54. The molecule has 0 spiro atoms. The highest BCUT2D eigenvalue weighted by atomic mass is 32.2. The average Bonchev–Trinajstić information content (AvgIpc) is 3.04. The van der Waals surface area contributed by atoms with Gasteiger partial charge in [0.25, 0.3) is 10.0 Å². The number of hydrogen-bond acceptors (Lipinski definition) is 4. The number of hydrogen-bond donors (Lipinski definition) is 1. The van der Waals surface area contributed by atoms with Gasteiger partial charge in [-0.3, -0.25) is 9.40 Å². The molecule has 0 saturated carbocycles. The van der Waals surface area contributed by atoms with Crippen LogP contribution < -0.4 is 9.46 Å². The lowest BCUT2D eigenvalue weighted by Gasteiger charge is -2.10. The Hall–Kier alpha value is -2.80. The van der Waals surface area contributed by atoms with Crippen molar-refractivity contribution < 1.29 is 13.2 Å². The van der Waals surface area contributed by atoms with Crippen LogP contribution in [0.5, 0.6) is 5.75 Å². The van der Waals surface area contributed by atoms with Gasteiger partial charge in [0.05, 0.1) is 12.8 Å². The topological polar surface area (TPSA) is 73.2 Å². The first-order valence-electron chi connectivity index (χ1n) is 8.25.